The lowest BCUT2D eigenvalue weighted by Crippen LogP contribution is -2.17. The topological polar surface area (TPSA) is 71.3 Å². The maximum absolute atomic E-state index is 11.8. The van der Waals surface area contributed by atoms with Crippen LogP contribution >= 0.6 is 24.0 Å². The van der Waals surface area contributed by atoms with Crippen molar-refractivity contribution < 1.29 is 14.7 Å². The predicted molar refractivity (Wildman–Crippen MR) is 98.5 cm³/mol. The molecule has 1 aliphatic rings. The quantitative estimate of drug-likeness (QED) is 0.651. The number of benzene rings is 1. The third-order valence-electron chi connectivity index (χ3n) is 3.75. The van der Waals surface area contributed by atoms with Crippen LogP contribution in [0.25, 0.3) is 11.8 Å². The van der Waals surface area contributed by atoms with E-state index in [1.807, 2.05) is 30.5 Å². The fourth-order valence-corrected chi connectivity index (χ4v) is 3.71. The van der Waals surface area contributed by atoms with Crippen LogP contribution in [0.15, 0.2) is 35.2 Å². The van der Waals surface area contributed by atoms with Crippen molar-refractivity contribution in [3.05, 3.63) is 57.8 Å². The molecule has 5 nitrogen and oxygen atoms in total. The molecule has 0 radical (unpaired) electrons. The summed E-state index contributed by atoms with van der Waals surface area (Å²) in [6.07, 6.45) is 1.80. The molecule has 0 atom stereocenters. The number of nitrogens with one attached hydrogen (secondary N) is 1. The summed E-state index contributed by atoms with van der Waals surface area (Å²) in [7, 11) is 0. The lowest BCUT2D eigenvalue weighted by molar-refractivity contribution is -0.115. The van der Waals surface area contributed by atoms with E-state index >= 15 is 0 Å². The highest BCUT2D eigenvalue weighted by molar-refractivity contribution is 8.26. The highest BCUT2D eigenvalue weighted by atomic mass is 32.2. The minimum atomic E-state index is -0.964. The van der Waals surface area contributed by atoms with Gasteiger partial charge in [-0.3, -0.25) is 4.79 Å². The standard InChI is InChI=1S/C17H14N2O3S2/c1-9-6-12(8-14-15(20)18-17(23)24-14)10(2)19(9)13-5-3-4-11(7-13)16(21)22/h3-8H,1-2H3,(H,21,22)(H,18,20,23)/b14-8-. The van der Waals surface area contributed by atoms with Crippen LogP contribution in [-0.4, -0.2) is 25.9 Å². The number of carbonyl (C=O) groups is 2. The lowest BCUT2D eigenvalue weighted by atomic mass is 10.2. The number of nitrogens with zero attached hydrogens (tertiary/aromatic N) is 1. The number of aromatic carboxylic acids is 1. The van der Waals surface area contributed by atoms with E-state index in [-0.39, 0.29) is 11.5 Å². The van der Waals surface area contributed by atoms with E-state index in [1.54, 1.807) is 24.3 Å². The average molecular weight is 358 g/mol. The van der Waals surface area contributed by atoms with Gasteiger partial charge in [-0.25, -0.2) is 4.79 Å². The molecular formula is C17H14N2O3S2. The van der Waals surface area contributed by atoms with E-state index in [0.29, 0.717) is 9.23 Å². The second-order valence-electron chi connectivity index (χ2n) is 5.37. The van der Waals surface area contributed by atoms with Gasteiger partial charge in [0.2, 0.25) is 0 Å². The van der Waals surface area contributed by atoms with Crippen molar-refractivity contribution in [2.24, 2.45) is 0 Å². The van der Waals surface area contributed by atoms with E-state index in [9.17, 15) is 9.59 Å². The lowest BCUT2D eigenvalue weighted by Gasteiger charge is -2.10. The molecule has 122 valence electrons. The van der Waals surface area contributed by atoms with Crippen molar-refractivity contribution in [3.8, 4) is 5.69 Å². The number of aryl methyl sites for hydroxylation is 1. The van der Waals surface area contributed by atoms with Crippen LogP contribution in [0.4, 0.5) is 0 Å². The molecule has 1 aliphatic heterocycles. The smallest absolute Gasteiger partial charge is 0.335 e. The summed E-state index contributed by atoms with van der Waals surface area (Å²) in [5, 5.41) is 11.8. The summed E-state index contributed by atoms with van der Waals surface area (Å²) < 4.78 is 2.42. The van der Waals surface area contributed by atoms with Crippen molar-refractivity contribution in [1.82, 2.24) is 9.88 Å². The van der Waals surface area contributed by atoms with Crippen LogP contribution in [0, 0.1) is 13.8 Å². The van der Waals surface area contributed by atoms with Gasteiger partial charge in [-0.05, 0) is 49.8 Å². The molecule has 2 heterocycles. The molecule has 0 unspecified atom stereocenters. The van der Waals surface area contributed by atoms with Gasteiger partial charge in [-0.15, -0.1) is 0 Å². The second-order valence-corrected chi connectivity index (χ2v) is 7.09. The van der Waals surface area contributed by atoms with Gasteiger partial charge in [0.25, 0.3) is 5.91 Å². The Morgan fingerprint density at radius 3 is 2.71 bits per heavy atom. The van der Waals surface area contributed by atoms with Crippen molar-refractivity contribution in [1.29, 1.82) is 0 Å². The number of thiocarbonyl (C=S) groups is 1. The minimum absolute atomic E-state index is 0.192. The van der Waals surface area contributed by atoms with Gasteiger partial charge in [0.1, 0.15) is 4.32 Å². The molecule has 0 saturated carbocycles. The number of hydrogen-bond donors (Lipinski definition) is 2. The molecule has 3 rings (SSSR count). The first-order chi connectivity index (χ1) is 11.4. The zero-order valence-electron chi connectivity index (χ0n) is 13.0. The number of thioether (sulfide) groups is 1. The van der Waals surface area contributed by atoms with Gasteiger partial charge in [0.05, 0.1) is 10.5 Å². The molecule has 2 N–H and O–H groups in total. The fourth-order valence-electron chi connectivity index (χ4n) is 2.67. The van der Waals surface area contributed by atoms with Gasteiger partial charge in [-0.2, -0.15) is 0 Å². The number of carboxylic acids is 1. The van der Waals surface area contributed by atoms with E-state index in [2.05, 4.69) is 5.32 Å². The third kappa shape index (κ3) is 3.00. The Kier molecular flexibility index (Phi) is 4.29. The zero-order valence-corrected chi connectivity index (χ0v) is 14.6. The number of carboxylic acid groups (broad SMARTS) is 1. The maximum atomic E-state index is 11.8. The molecule has 24 heavy (non-hydrogen) atoms. The van der Waals surface area contributed by atoms with Crippen LogP contribution in [0.5, 0.6) is 0 Å². The summed E-state index contributed by atoms with van der Waals surface area (Å²) in [6.45, 7) is 3.87. The normalized spacial score (nSPS) is 15.8. The monoisotopic (exact) mass is 358 g/mol. The van der Waals surface area contributed by atoms with E-state index in [4.69, 9.17) is 17.3 Å². The molecule has 1 aromatic carbocycles. The molecular weight excluding hydrogens is 344 g/mol. The van der Waals surface area contributed by atoms with Crippen LogP contribution < -0.4 is 5.32 Å². The van der Waals surface area contributed by atoms with Crippen molar-refractivity contribution in [2.45, 2.75) is 13.8 Å². The number of amides is 1. The molecule has 0 bridgehead atoms. The van der Waals surface area contributed by atoms with Gasteiger partial charge >= 0.3 is 5.97 Å². The van der Waals surface area contributed by atoms with E-state index < -0.39 is 5.97 Å². The average Bonchev–Trinajstić information content (AvgIpc) is 2.98. The number of aromatic nitrogens is 1. The van der Waals surface area contributed by atoms with Crippen molar-refractivity contribution in [2.75, 3.05) is 0 Å². The zero-order chi connectivity index (χ0) is 17.4. The predicted octanol–water partition coefficient (Wildman–Crippen LogP) is 3.28. The Morgan fingerprint density at radius 1 is 1.33 bits per heavy atom. The van der Waals surface area contributed by atoms with Crippen molar-refractivity contribution in [3.63, 3.8) is 0 Å². The first-order valence-electron chi connectivity index (χ1n) is 7.14. The van der Waals surface area contributed by atoms with Gasteiger partial charge in [-0.1, -0.05) is 30.0 Å². The summed E-state index contributed by atoms with van der Waals surface area (Å²) in [5.41, 5.74) is 3.78. The van der Waals surface area contributed by atoms with Crippen LogP contribution in [0.2, 0.25) is 0 Å². The molecule has 0 spiro atoms. The Bertz CT molecular complexity index is 913. The van der Waals surface area contributed by atoms with Gasteiger partial charge in [0.15, 0.2) is 0 Å². The highest BCUT2D eigenvalue weighted by Gasteiger charge is 2.23. The second kappa shape index (κ2) is 6.26. The Labute approximate surface area is 148 Å². The van der Waals surface area contributed by atoms with Crippen LogP contribution in [0.1, 0.15) is 27.3 Å². The van der Waals surface area contributed by atoms with Crippen molar-refractivity contribution >= 4 is 46.3 Å². The summed E-state index contributed by atoms with van der Waals surface area (Å²) in [6, 6.07) is 8.73. The molecule has 1 amide bonds. The van der Waals surface area contributed by atoms with Gasteiger partial charge in [0, 0.05) is 17.1 Å². The first-order valence-corrected chi connectivity index (χ1v) is 8.37. The molecule has 1 aromatic heterocycles. The third-order valence-corrected chi connectivity index (χ3v) is 4.91. The molecule has 1 saturated heterocycles. The Balaban J connectivity index is 2.06. The first kappa shape index (κ1) is 16.5. The maximum Gasteiger partial charge on any atom is 0.335 e. The van der Waals surface area contributed by atoms with E-state index in [0.717, 1.165) is 22.6 Å². The highest BCUT2D eigenvalue weighted by Crippen LogP contribution is 2.29. The largest absolute Gasteiger partial charge is 0.478 e. The summed E-state index contributed by atoms with van der Waals surface area (Å²) >= 11 is 6.24. The number of rotatable bonds is 3. The SMILES string of the molecule is Cc1cc(/C=C2\SC(=S)NC2=O)c(C)n1-c1cccc(C(=O)O)c1. The molecule has 0 aliphatic carbocycles. The van der Waals surface area contributed by atoms with Crippen LogP contribution in [-0.2, 0) is 4.79 Å². The number of hydrogen-bond acceptors (Lipinski definition) is 4. The summed E-state index contributed by atoms with van der Waals surface area (Å²) in [5.74, 6) is -1.16. The molecule has 7 heteroatoms. The minimum Gasteiger partial charge on any atom is -0.478 e. The van der Waals surface area contributed by atoms with E-state index in [1.165, 1.54) is 11.8 Å². The summed E-state index contributed by atoms with van der Waals surface area (Å²) in [4.78, 5) is 23.6. The van der Waals surface area contributed by atoms with Gasteiger partial charge < -0.3 is 15.0 Å². The molecule has 1 fully saturated rings. The molecule has 2 aromatic rings. The number of carbonyl (C=O) groups excluding carboxylic acids is 1. The van der Waals surface area contributed by atoms with Crippen LogP contribution in [0.3, 0.4) is 0 Å². The fraction of sp³-hybridized carbons (Fsp3) is 0.118. The Morgan fingerprint density at radius 2 is 2.08 bits per heavy atom. The Hall–Kier alpha value is -2.38.